The highest BCUT2D eigenvalue weighted by Gasteiger charge is 2.15. The standard InChI is InChI=1S/C16H26Br/c17-15-11-7-5-3-1-2-4-6-8-12-16-13-9-10-14-16/h9-10,13-14H,1-8,11-12,15H2. The van der Waals surface area contributed by atoms with Crippen LogP contribution in [0.5, 0.6) is 0 Å². The molecular formula is C16H26Br. The van der Waals surface area contributed by atoms with Crippen LogP contribution < -0.4 is 0 Å². The minimum Gasteiger partial charge on any atom is -0.0928 e. The highest BCUT2D eigenvalue weighted by molar-refractivity contribution is 9.09. The summed E-state index contributed by atoms with van der Waals surface area (Å²) in [4.78, 5) is 0. The van der Waals surface area contributed by atoms with Crippen LogP contribution in [0.2, 0.25) is 0 Å². The Kier molecular flexibility index (Phi) is 10.6. The average Bonchev–Trinajstić information content (AvgIpc) is 2.85. The fourth-order valence-electron chi connectivity index (χ4n) is 2.24. The van der Waals surface area contributed by atoms with Crippen LogP contribution in [0.3, 0.4) is 0 Å². The first kappa shape index (κ1) is 15.5. The van der Waals surface area contributed by atoms with E-state index in [0.717, 1.165) is 0 Å². The molecule has 5 radical (unpaired) electrons. The summed E-state index contributed by atoms with van der Waals surface area (Å²) >= 11 is 3.48. The molecule has 0 aromatic rings. The third kappa shape index (κ3) is 9.11. The van der Waals surface area contributed by atoms with Gasteiger partial charge in [-0.2, -0.15) is 0 Å². The Morgan fingerprint density at radius 1 is 0.647 bits per heavy atom. The molecule has 0 amide bonds. The van der Waals surface area contributed by atoms with E-state index in [4.69, 9.17) is 0 Å². The highest BCUT2D eigenvalue weighted by Crippen LogP contribution is 2.28. The summed E-state index contributed by atoms with van der Waals surface area (Å²) in [5.41, 5.74) is 0. The molecule has 97 valence electrons. The summed E-state index contributed by atoms with van der Waals surface area (Å²) < 4.78 is 0. The van der Waals surface area contributed by atoms with Crippen molar-refractivity contribution < 1.29 is 0 Å². The summed E-state index contributed by atoms with van der Waals surface area (Å²) in [5, 5.41) is 1.18. The number of rotatable bonds is 11. The largest absolute Gasteiger partial charge is 0.0928 e. The topological polar surface area (TPSA) is 0 Å². The minimum atomic E-state index is 1.18. The quantitative estimate of drug-likeness (QED) is 0.339. The minimum absolute atomic E-state index is 1.18. The van der Waals surface area contributed by atoms with E-state index >= 15 is 0 Å². The Balaban J connectivity index is 1.69. The number of halogens is 1. The van der Waals surface area contributed by atoms with Crippen molar-refractivity contribution >= 4 is 15.9 Å². The molecule has 0 atom stereocenters. The van der Waals surface area contributed by atoms with Gasteiger partial charge in [-0.1, -0.05) is 67.3 Å². The van der Waals surface area contributed by atoms with E-state index < -0.39 is 0 Å². The Bertz CT molecular complexity index is 150. The van der Waals surface area contributed by atoms with Gasteiger partial charge in [0, 0.05) is 5.33 Å². The van der Waals surface area contributed by atoms with Crippen molar-refractivity contribution in [3.63, 3.8) is 0 Å². The van der Waals surface area contributed by atoms with Gasteiger partial charge in [-0.3, -0.25) is 0 Å². The molecule has 1 rings (SSSR count). The van der Waals surface area contributed by atoms with Gasteiger partial charge in [-0.25, -0.2) is 0 Å². The molecule has 0 unspecified atom stereocenters. The van der Waals surface area contributed by atoms with Gasteiger partial charge in [0.15, 0.2) is 0 Å². The smallest absolute Gasteiger partial charge is 0.00313 e. The number of hydrogen-bond donors (Lipinski definition) is 0. The summed E-state index contributed by atoms with van der Waals surface area (Å²) in [7, 11) is 0. The van der Waals surface area contributed by atoms with E-state index in [1.165, 1.54) is 75.5 Å². The molecule has 1 saturated carbocycles. The number of hydrogen-bond acceptors (Lipinski definition) is 0. The molecule has 17 heavy (non-hydrogen) atoms. The van der Waals surface area contributed by atoms with Crippen LogP contribution in [0.25, 0.3) is 0 Å². The monoisotopic (exact) mass is 297 g/mol. The lowest BCUT2D eigenvalue weighted by Crippen LogP contribution is -1.91. The Morgan fingerprint density at radius 3 is 1.65 bits per heavy atom. The molecule has 0 heterocycles. The van der Waals surface area contributed by atoms with E-state index in [9.17, 15) is 0 Å². The van der Waals surface area contributed by atoms with Gasteiger partial charge < -0.3 is 0 Å². The van der Waals surface area contributed by atoms with Gasteiger partial charge in [0.1, 0.15) is 0 Å². The van der Waals surface area contributed by atoms with Crippen LogP contribution in [0, 0.1) is 31.6 Å². The van der Waals surface area contributed by atoms with Crippen LogP contribution in [0.15, 0.2) is 0 Å². The van der Waals surface area contributed by atoms with Gasteiger partial charge in [0.2, 0.25) is 0 Å². The van der Waals surface area contributed by atoms with Crippen molar-refractivity contribution in [2.24, 2.45) is 0 Å². The van der Waals surface area contributed by atoms with Crippen molar-refractivity contribution in [1.29, 1.82) is 0 Å². The third-order valence-corrected chi connectivity index (χ3v) is 3.89. The maximum atomic E-state index is 3.48. The first-order valence-corrected chi connectivity index (χ1v) is 8.32. The molecule has 0 saturated heterocycles. The zero-order valence-electron chi connectivity index (χ0n) is 11.0. The molecule has 0 bridgehead atoms. The van der Waals surface area contributed by atoms with Crippen LogP contribution in [-0.4, -0.2) is 5.33 Å². The molecule has 0 aliphatic heterocycles. The molecule has 1 heteroatoms. The average molecular weight is 298 g/mol. The van der Waals surface area contributed by atoms with E-state index in [2.05, 4.69) is 41.6 Å². The van der Waals surface area contributed by atoms with Crippen LogP contribution >= 0.6 is 15.9 Å². The lowest BCUT2D eigenvalue weighted by atomic mass is 9.99. The Morgan fingerprint density at radius 2 is 1.12 bits per heavy atom. The maximum Gasteiger partial charge on any atom is 0.00313 e. The van der Waals surface area contributed by atoms with Crippen LogP contribution in [0.1, 0.15) is 64.2 Å². The lowest BCUT2D eigenvalue weighted by Gasteiger charge is -2.06. The second-order valence-corrected chi connectivity index (χ2v) is 5.71. The van der Waals surface area contributed by atoms with Crippen molar-refractivity contribution in [3.8, 4) is 0 Å². The van der Waals surface area contributed by atoms with E-state index in [1.807, 2.05) is 0 Å². The predicted molar refractivity (Wildman–Crippen MR) is 80.4 cm³/mol. The first-order chi connectivity index (χ1) is 8.43. The second-order valence-electron chi connectivity index (χ2n) is 4.91. The molecule has 1 fully saturated rings. The van der Waals surface area contributed by atoms with Crippen LogP contribution in [-0.2, 0) is 0 Å². The van der Waals surface area contributed by atoms with Gasteiger partial charge in [-0.05, 0) is 44.4 Å². The van der Waals surface area contributed by atoms with Crippen molar-refractivity contribution in [2.75, 3.05) is 5.33 Å². The zero-order chi connectivity index (χ0) is 12.2. The SMILES string of the molecule is BrCCCCCCCCCCC[C]1[CH][CH][CH][CH]1. The molecular weight excluding hydrogens is 272 g/mol. The molecule has 0 N–H and O–H groups in total. The fraction of sp³-hybridized carbons (Fsp3) is 0.688. The van der Waals surface area contributed by atoms with Gasteiger partial charge >= 0.3 is 0 Å². The first-order valence-electron chi connectivity index (χ1n) is 7.20. The van der Waals surface area contributed by atoms with Crippen LogP contribution in [0.4, 0.5) is 0 Å². The number of unbranched alkanes of at least 4 members (excludes halogenated alkanes) is 8. The molecule has 0 spiro atoms. The van der Waals surface area contributed by atoms with Gasteiger partial charge in [-0.15, -0.1) is 0 Å². The summed E-state index contributed by atoms with van der Waals surface area (Å²) in [5.74, 6) is 1.51. The molecule has 0 aromatic heterocycles. The van der Waals surface area contributed by atoms with E-state index in [-0.39, 0.29) is 0 Å². The zero-order valence-corrected chi connectivity index (χ0v) is 12.6. The Hall–Kier alpha value is 0.480. The summed E-state index contributed by atoms with van der Waals surface area (Å²) in [6.45, 7) is 0. The second kappa shape index (κ2) is 11.6. The molecule has 0 nitrogen and oxygen atoms in total. The maximum absolute atomic E-state index is 3.48. The molecule has 0 aromatic carbocycles. The molecule has 1 aliphatic rings. The van der Waals surface area contributed by atoms with Gasteiger partial charge in [0.05, 0.1) is 0 Å². The Labute approximate surface area is 117 Å². The third-order valence-electron chi connectivity index (χ3n) is 3.33. The van der Waals surface area contributed by atoms with Crippen molar-refractivity contribution in [2.45, 2.75) is 64.2 Å². The van der Waals surface area contributed by atoms with Crippen molar-refractivity contribution in [1.82, 2.24) is 0 Å². The van der Waals surface area contributed by atoms with E-state index in [0.29, 0.717) is 0 Å². The summed E-state index contributed by atoms with van der Waals surface area (Å²) in [6.07, 6.45) is 22.8. The lowest BCUT2D eigenvalue weighted by molar-refractivity contribution is 0.562. The molecule has 1 aliphatic carbocycles. The predicted octanol–water partition coefficient (Wildman–Crippen LogP) is 5.69. The van der Waals surface area contributed by atoms with Crippen molar-refractivity contribution in [3.05, 3.63) is 31.6 Å². The normalized spacial score (nSPS) is 16.8. The fourth-order valence-corrected chi connectivity index (χ4v) is 2.64. The van der Waals surface area contributed by atoms with E-state index in [1.54, 1.807) is 0 Å². The highest BCUT2D eigenvalue weighted by atomic mass is 79.9. The van der Waals surface area contributed by atoms with Gasteiger partial charge in [0.25, 0.3) is 0 Å². The number of alkyl halides is 1. The summed E-state index contributed by atoms with van der Waals surface area (Å²) in [6, 6.07) is 0.